The molecule has 0 aliphatic carbocycles. The Labute approximate surface area is 107 Å². The van der Waals surface area contributed by atoms with E-state index in [1.807, 2.05) is 0 Å². The number of anilines is 1. The first kappa shape index (κ1) is 14.5. The molecule has 1 aromatic carbocycles. The van der Waals surface area contributed by atoms with Crippen molar-refractivity contribution in [2.75, 3.05) is 32.6 Å². The quantitative estimate of drug-likeness (QED) is 0.791. The van der Waals surface area contributed by atoms with Gasteiger partial charge in [-0.05, 0) is 38.2 Å². The van der Waals surface area contributed by atoms with E-state index in [1.54, 1.807) is 50.2 Å². The predicted molar refractivity (Wildman–Crippen MR) is 70.8 cm³/mol. The lowest BCUT2D eigenvalue weighted by Crippen LogP contribution is -2.34. The summed E-state index contributed by atoms with van der Waals surface area (Å²) in [7, 11) is 3.39. The first-order chi connectivity index (χ1) is 8.51. The highest BCUT2D eigenvalue weighted by Crippen LogP contribution is 2.14. The lowest BCUT2D eigenvalue weighted by Gasteiger charge is -2.17. The Morgan fingerprint density at radius 3 is 2.56 bits per heavy atom. The van der Waals surface area contributed by atoms with Gasteiger partial charge in [-0.1, -0.05) is 0 Å². The highest BCUT2D eigenvalue weighted by atomic mass is 16.5. The summed E-state index contributed by atoms with van der Waals surface area (Å²) in [6, 6.07) is 7.14. The third-order valence-electron chi connectivity index (χ3n) is 2.36. The van der Waals surface area contributed by atoms with Gasteiger partial charge in [0, 0.05) is 12.2 Å². The van der Waals surface area contributed by atoms with E-state index in [1.165, 1.54) is 0 Å². The Hall–Kier alpha value is -1.59. The number of amides is 1. The minimum atomic E-state index is -0.441. The van der Waals surface area contributed by atoms with E-state index in [0.29, 0.717) is 6.54 Å². The summed E-state index contributed by atoms with van der Waals surface area (Å²) in [5, 5.41) is 12.0. The number of hydrogen-bond acceptors (Lipinski definition) is 4. The van der Waals surface area contributed by atoms with E-state index in [4.69, 9.17) is 4.74 Å². The fraction of sp³-hybridized carbons (Fsp3) is 0.462. The van der Waals surface area contributed by atoms with Crippen molar-refractivity contribution in [3.8, 4) is 5.75 Å². The molecule has 1 atom stereocenters. The van der Waals surface area contributed by atoms with Crippen LogP contribution in [0.4, 0.5) is 5.69 Å². The van der Waals surface area contributed by atoms with Crippen molar-refractivity contribution in [3.63, 3.8) is 0 Å². The number of rotatable bonds is 6. The van der Waals surface area contributed by atoms with E-state index < -0.39 is 6.10 Å². The van der Waals surface area contributed by atoms with Crippen molar-refractivity contribution in [2.45, 2.75) is 13.0 Å². The van der Waals surface area contributed by atoms with Crippen LogP contribution in [0.2, 0.25) is 0 Å². The molecular formula is C13H20N2O3. The molecule has 5 nitrogen and oxygen atoms in total. The van der Waals surface area contributed by atoms with Gasteiger partial charge in [-0.2, -0.15) is 0 Å². The zero-order chi connectivity index (χ0) is 13.5. The number of carbonyl (C=O) groups excluding carboxylic acids is 1. The first-order valence-electron chi connectivity index (χ1n) is 5.81. The normalized spacial score (nSPS) is 12.3. The number of benzene rings is 1. The van der Waals surface area contributed by atoms with Crippen LogP contribution in [-0.2, 0) is 4.79 Å². The van der Waals surface area contributed by atoms with Gasteiger partial charge >= 0.3 is 0 Å². The summed E-state index contributed by atoms with van der Waals surface area (Å²) in [4.78, 5) is 13.5. The summed E-state index contributed by atoms with van der Waals surface area (Å²) >= 11 is 0. The summed E-state index contributed by atoms with van der Waals surface area (Å²) in [5.41, 5.74) is 0.728. The smallest absolute Gasteiger partial charge is 0.238 e. The van der Waals surface area contributed by atoms with Gasteiger partial charge in [0.05, 0.1) is 19.8 Å². The number of aliphatic hydroxyl groups is 1. The highest BCUT2D eigenvalue weighted by molar-refractivity contribution is 5.92. The van der Waals surface area contributed by atoms with Crippen LogP contribution in [0.3, 0.4) is 0 Å². The number of nitrogens with one attached hydrogen (secondary N) is 1. The van der Waals surface area contributed by atoms with Crippen LogP contribution in [-0.4, -0.2) is 49.3 Å². The molecule has 100 valence electrons. The van der Waals surface area contributed by atoms with Gasteiger partial charge in [0.2, 0.25) is 5.91 Å². The molecule has 0 aliphatic rings. The molecule has 1 unspecified atom stereocenters. The number of methoxy groups -OCH3 is 1. The maximum atomic E-state index is 11.7. The van der Waals surface area contributed by atoms with Crippen molar-refractivity contribution in [1.29, 1.82) is 0 Å². The minimum Gasteiger partial charge on any atom is -0.497 e. The molecule has 1 aromatic rings. The molecule has 2 N–H and O–H groups in total. The number of nitrogens with zero attached hydrogens (tertiary/aromatic N) is 1. The molecule has 0 radical (unpaired) electrons. The summed E-state index contributed by atoms with van der Waals surface area (Å²) in [6.07, 6.45) is -0.441. The van der Waals surface area contributed by atoms with Crippen LogP contribution in [0.25, 0.3) is 0 Å². The maximum absolute atomic E-state index is 11.7. The Morgan fingerprint density at radius 1 is 1.44 bits per heavy atom. The molecule has 1 amide bonds. The number of aliphatic hydroxyl groups excluding tert-OH is 1. The Kier molecular flexibility index (Phi) is 5.61. The third-order valence-corrected chi connectivity index (χ3v) is 2.36. The molecule has 1 rings (SSSR count). The largest absolute Gasteiger partial charge is 0.497 e. The lowest BCUT2D eigenvalue weighted by atomic mass is 10.3. The van der Waals surface area contributed by atoms with Crippen LogP contribution in [0.5, 0.6) is 5.75 Å². The molecule has 0 saturated heterocycles. The molecule has 0 bridgehead atoms. The van der Waals surface area contributed by atoms with Gasteiger partial charge in [0.15, 0.2) is 0 Å². The minimum absolute atomic E-state index is 0.108. The van der Waals surface area contributed by atoms with Crippen molar-refractivity contribution in [3.05, 3.63) is 24.3 Å². The van der Waals surface area contributed by atoms with E-state index in [9.17, 15) is 9.90 Å². The van der Waals surface area contributed by atoms with Gasteiger partial charge in [0.25, 0.3) is 0 Å². The molecule has 0 saturated carbocycles. The van der Waals surface area contributed by atoms with Crippen LogP contribution >= 0.6 is 0 Å². The van der Waals surface area contributed by atoms with Crippen LogP contribution in [0.15, 0.2) is 24.3 Å². The number of carbonyl (C=O) groups is 1. The zero-order valence-corrected chi connectivity index (χ0v) is 11.0. The Bertz CT molecular complexity index is 376. The predicted octanol–water partition coefficient (Wildman–Crippen LogP) is 0.946. The molecule has 0 aliphatic heterocycles. The second-order valence-corrected chi connectivity index (χ2v) is 4.32. The topological polar surface area (TPSA) is 61.8 Å². The van der Waals surface area contributed by atoms with Crippen molar-refractivity contribution in [1.82, 2.24) is 4.90 Å². The molecule has 0 spiro atoms. The second-order valence-electron chi connectivity index (χ2n) is 4.32. The summed E-state index contributed by atoms with van der Waals surface area (Å²) in [5.74, 6) is 0.641. The van der Waals surface area contributed by atoms with Gasteiger partial charge in [0.1, 0.15) is 5.75 Å². The van der Waals surface area contributed by atoms with E-state index >= 15 is 0 Å². The SMILES string of the molecule is COc1ccc(NC(=O)CN(C)CC(C)O)cc1. The fourth-order valence-corrected chi connectivity index (χ4v) is 1.64. The second kappa shape index (κ2) is 6.98. The van der Waals surface area contributed by atoms with Gasteiger partial charge in [-0.25, -0.2) is 0 Å². The number of hydrogen-bond donors (Lipinski definition) is 2. The number of ether oxygens (including phenoxy) is 1. The molecule has 0 heterocycles. The average molecular weight is 252 g/mol. The molecule has 0 fully saturated rings. The Balaban J connectivity index is 2.43. The number of likely N-dealkylation sites (N-methyl/N-ethyl adjacent to an activating group) is 1. The standard InChI is InChI=1S/C13H20N2O3/c1-10(16)8-15(2)9-13(17)14-11-4-6-12(18-3)7-5-11/h4-7,10,16H,8-9H2,1-3H3,(H,14,17). The van der Waals surface area contributed by atoms with Gasteiger partial charge < -0.3 is 15.2 Å². The van der Waals surface area contributed by atoms with Crippen molar-refractivity contribution < 1.29 is 14.6 Å². The van der Waals surface area contributed by atoms with Crippen LogP contribution < -0.4 is 10.1 Å². The van der Waals surface area contributed by atoms with Crippen molar-refractivity contribution in [2.24, 2.45) is 0 Å². The van der Waals surface area contributed by atoms with E-state index in [0.717, 1.165) is 11.4 Å². The Morgan fingerprint density at radius 2 is 2.06 bits per heavy atom. The van der Waals surface area contributed by atoms with Gasteiger partial charge in [-0.3, -0.25) is 9.69 Å². The molecule has 5 heteroatoms. The zero-order valence-electron chi connectivity index (χ0n) is 11.0. The maximum Gasteiger partial charge on any atom is 0.238 e. The molecule has 18 heavy (non-hydrogen) atoms. The van der Waals surface area contributed by atoms with E-state index in [-0.39, 0.29) is 12.5 Å². The van der Waals surface area contributed by atoms with Crippen LogP contribution in [0.1, 0.15) is 6.92 Å². The lowest BCUT2D eigenvalue weighted by molar-refractivity contribution is -0.117. The van der Waals surface area contributed by atoms with Crippen molar-refractivity contribution >= 4 is 11.6 Å². The van der Waals surface area contributed by atoms with Crippen LogP contribution in [0, 0.1) is 0 Å². The first-order valence-corrected chi connectivity index (χ1v) is 5.81. The monoisotopic (exact) mass is 252 g/mol. The molecule has 0 aromatic heterocycles. The summed E-state index contributed by atoms with van der Waals surface area (Å²) in [6.45, 7) is 2.41. The fourth-order valence-electron chi connectivity index (χ4n) is 1.64. The average Bonchev–Trinajstić information content (AvgIpc) is 2.28. The highest BCUT2D eigenvalue weighted by Gasteiger charge is 2.08. The summed E-state index contributed by atoms with van der Waals surface area (Å²) < 4.78 is 5.03. The van der Waals surface area contributed by atoms with E-state index in [2.05, 4.69) is 5.32 Å². The van der Waals surface area contributed by atoms with Gasteiger partial charge in [-0.15, -0.1) is 0 Å². The third kappa shape index (κ3) is 5.16. The molecular weight excluding hydrogens is 232 g/mol.